The molecule has 2 atom stereocenters. The van der Waals surface area contributed by atoms with E-state index in [4.69, 9.17) is 11.6 Å². The van der Waals surface area contributed by atoms with Crippen LogP contribution in [0.2, 0.25) is 5.28 Å². The standard InChI is InChI=1S/C25H24ClN7O/c1-25(2)20-17(13-33(25)24(34)28-19-12-16(19)14-8-4-3-5-9-14)22(32-31-20)29-21-15-10-6-7-11-18(15)27-23(26)30-21/h3-11,16,19H,12-13H2,1-2H3,(H,28,34)(H2,27,29,30,31,32). The second kappa shape index (κ2) is 7.70. The third kappa shape index (κ3) is 3.45. The molecule has 6 rings (SSSR count). The largest absolute Gasteiger partial charge is 0.335 e. The third-order valence-corrected chi connectivity index (χ3v) is 7.02. The van der Waals surface area contributed by atoms with Gasteiger partial charge in [0.15, 0.2) is 5.82 Å². The molecule has 1 aliphatic carbocycles. The molecule has 0 radical (unpaired) electrons. The Morgan fingerprint density at radius 1 is 1.09 bits per heavy atom. The van der Waals surface area contributed by atoms with Crippen LogP contribution in [0.15, 0.2) is 54.6 Å². The van der Waals surface area contributed by atoms with E-state index in [1.54, 1.807) is 0 Å². The Bertz CT molecular complexity index is 1400. The lowest BCUT2D eigenvalue weighted by Gasteiger charge is -2.32. The number of hydrogen-bond donors (Lipinski definition) is 3. The summed E-state index contributed by atoms with van der Waals surface area (Å²) in [6, 6.07) is 18.1. The monoisotopic (exact) mass is 473 g/mol. The van der Waals surface area contributed by atoms with E-state index in [-0.39, 0.29) is 17.4 Å². The van der Waals surface area contributed by atoms with E-state index in [0.717, 1.165) is 28.6 Å². The minimum absolute atomic E-state index is 0.0699. The number of carbonyl (C=O) groups is 1. The van der Waals surface area contributed by atoms with Crippen LogP contribution < -0.4 is 10.6 Å². The topological polar surface area (TPSA) is 98.8 Å². The second-order valence-electron chi connectivity index (χ2n) is 9.36. The SMILES string of the molecule is CC1(C)c2[nH]nc(Nc3nc(Cl)nc4ccccc34)c2CN1C(=O)NC1CC1c1ccccc1. The van der Waals surface area contributed by atoms with Crippen molar-refractivity contribution < 1.29 is 4.79 Å². The molecule has 2 aromatic heterocycles. The van der Waals surface area contributed by atoms with Crippen molar-refractivity contribution in [1.82, 2.24) is 30.4 Å². The van der Waals surface area contributed by atoms with Gasteiger partial charge >= 0.3 is 6.03 Å². The number of benzene rings is 2. The summed E-state index contributed by atoms with van der Waals surface area (Å²) in [5.41, 5.74) is 3.33. The van der Waals surface area contributed by atoms with Gasteiger partial charge in [0.1, 0.15) is 5.82 Å². The smallest absolute Gasteiger partial charge is 0.318 e. The van der Waals surface area contributed by atoms with Gasteiger partial charge in [-0.05, 0) is 49.6 Å². The van der Waals surface area contributed by atoms with Gasteiger partial charge in [-0.1, -0.05) is 42.5 Å². The minimum Gasteiger partial charge on any atom is -0.335 e. The molecule has 1 saturated carbocycles. The average Bonchev–Trinajstić information content (AvgIpc) is 3.38. The molecule has 1 aliphatic heterocycles. The first kappa shape index (κ1) is 20.9. The predicted molar refractivity (Wildman–Crippen MR) is 131 cm³/mol. The first-order valence-electron chi connectivity index (χ1n) is 11.3. The highest BCUT2D eigenvalue weighted by atomic mass is 35.5. The molecule has 1 fully saturated rings. The van der Waals surface area contributed by atoms with Gasteiger partial charge in [0.05, 0.1) is 23.3 Å². The molecule has 2 amide bonds. The summed E-state index contributed by atoms with van der Waals surface area (Å²) in [7, 11) is 0. The maximum Gasteiger partial charge on any atom is 0.318 e. The van der Waals surface area contributed by atoms with Crippen molar-refractivity contribution in [3.05, 3.63) is 76.7 Å². The van der Waals surface area contributed by atoms with Crippen LogP contribution in [0.1, 0.15) is 43.0 Å². The van der Waals surface area contributed by atoms with Crippen molar-refractivity contribution in [2.75, 3.05) is 5.32 Å². The highest BCUT2D eigenvalue weighted by Crippen LogP contribution is 2.44. The van der Waals surface area contributed by atoms with E-state index in [1.165, 1.54) is 5.56 Å². The molecule has 0 saturated heterocycles. The van der Waals surface area contributed by atoms with Crippen LogP contribution in [0.4, 0.5) is 16.4 Å². The molecule has 0 spiro atoms. The molecule has 9 heteroatoms. The lowest BCUT2D eigenvalue weighted by atomic mass is 10.0. The lowest BCUT2D eigenvalue weighted by Crippen LogP contribution is -2.47. The number of anilines is 2. The Morgan fingerprint density at radius 2 is 1.85 bits per heavy atom. The Balaban J connectivity index is 1.22. The number of nitrogens with one attached hydrogen (secondary N) is 3. The number of amides is 2. The number of rotatable bonds is 4. The van der Waals surface area contributed by atoms with E-state index >= 15 is 0 Å². The number of carbonyl (C=O) groups excluding carboxylic acids is 1. The maximum absolute atomic E-state index is 13.3. The summed E-state index contributed by atoms with van der Waals surface area (Å²) < 4.78 is 0. The van der Waals surface area contributed by atoms with E-state index in [9.17, 15) is 4.79 Å². The molecule has 3 heterocycles. The summed E-state index contributed by atoms with van der Waals surface area (Å²) in [6.07, 6.45) is 0.964. The first-order valence-corrected chi connectivity index (χ1v) is 11.7. The van der Waals surface area contributed by atoms with Gasteiger partial charge in [-0.15, -0.1) is 0 Å². The number of halogens is 1. The number of hydrogen-bond acceptors (Lipinski definition) is 5. The van der Waals surface area contributed by atoms with Gasteiger partial charge in [-0.25, -0.2) is 9.78 Å². The number of H-pyrrole nitrogens is 1. The maximum atomic E-state index is 13.3. The predicted octanol–water partition coefficient (Wildman–Crippen LogP) is 5.07. The molecular formula is C25H24ClN7O. The van der Waals surface area contributed by atoms with Gasteiger partial charge in [0.25, 0.3) is 0 Å². The van der Waals surface area contributed by atoms with Gasteiger partial charge in [-0.3, -0.25) is 5.10 Å². The van der Waals surface area contributed by atoms with Crippen LogP contribution in [-0.4, -0.2) is 37.1 Å². The Kier molecular flexibility index (Phi) is 4.74. The number of nitrogens with zero attached hydrogens (tertiary/aromatic N) is 4. The molecule has 3 N–H and O–H groups in total. The van der Waals surface area contributed by atoms with Gasteiger partial charge in [-0.2, -0.15) is 10.1 Å². The highest BCUT2D eigenvalue weighted by molar-refractivity contribution is 6.28. The Morgan fingerprint density at radius 3 is 2.68 bits per heavy atom. The molecule has 34 heavy (non-hydrogen) atoms. The summed E-state index contributed by atoms with van der Waals surface area (Å²) in [5, 5.41) is 15.2. The number of aromatic amines is 1. The highest BCUT2D eigenvalue weighted by Gasteiger charge is 2.46. The van der Waals surface area contributed by atoms with Crippen molar-refractivity contribution >= 4 is 40.2 Å². The Labute approximate surface area is 201 Å². The van der Waals surface area contributed by atoms with Crippen LogP contribution in [0.5, 0.6) is 0 Å². The van der Waals surface area contributed by atoms with E-state index < -0.39 is 5.54 Å². The van der Waals surface area contributed by atoms with Crippen molar-refractivity contribution in [2.45, 2.75) is 44.3 Å². The van der Waals surface area contributed by atoms with Crippen LogP contribution in [0, 0.1) is 0 Å². The zero-order valence-corrected chi connectivity index (χ0v) is 19.6. The molecule has 2 unspecified atom stereocenters. The third-order valence-electron chi connectivity index (χ3n) is 6.85. The fourth-order valence-corrected chi connectivity index (χ4v) is 5.04. The number of fused-ring (bicyclic) bond motifs is 2. The second-order valence-corrected chi connectivity index (χ2v) is 9.70. The van der Waals surface area contributed by atoms with Gasteiger partial charge in [0.2, 0.25) is 5.28 Å². The molecule has 0 bridgehead atoms. The summed E-state index contributed by atoms with van der Waals surface area (Å²) in [4.78, 5) is 23.8. The van der Waals surface area contributed by atoms with Crippen molar-refractivity contribution in [3.63, 3.8) is 0 Å². The fraction of sp³-hybridized carbons (Fsp3) is 0.280. The molecular weight excluding hydrogens is 450 g/mol. The molecule has 2 aromatic carbocycles. The fourth-order valence-electron chi connectivity index (χ4n) is 4.86. The van der Waals surface area contributed by atoms with Crippen LogP contribution in [0.25, 0.3) is 10.9 Å². The van der Waals surface area contributed by atoms with Gasteiger partial charge in [0, 0.05) is 22.9 Å². The normalized spacial score (nSPS) is 20.3. The van der Waals surface area contributed by atoms with E-state index in [0.29, 0.717) is 24.1 Å². The summed E-state index contributed by atoms with van der Waals surface area (Å²) in [6.45, 7) is 4.49. The van der Waals surface area contributed by atoms with E-state index in [2.05, 4.69) is 42.9 Å². The average molecular weight is 474 g/mol. The lowest BCUT2D eigenvalue weighted by molar-refractivity contribution is 0.142. The summed E-state index contributed by atoms with van der Waals surface area (Å²) >= 11 is 6.15. The quantitative estimate of drug-likeness (QED) is 0.359. The zero-order valence-electron chi connectivity index (χ0n) is 18.8. The van der Waals surface area contributed by atoms with Crippen LogP contribution in [-0.2, 0) is 12.1 Å². The minimum atomic E-state index is -0.533. The van der Waals surface area contributed by atoms with Crippen molar-refractivity contribution in [1.29, 1.82) is 0 Å². The van der Waals surface area contributed by atoms with Crippen LogP contribution in [0.3, 0.4) is 0 Å². The van der Waals surface area contributed by atoms with Gasteiger partial charge < -0.3 is 15.5 Å². The number of para-hydroxylation sites is 1. The number of aromatic nitrogens is 4. The first-order chi connectivity index (χ1) is 16.4. The van der Waals surface area contributed by atoms with E-state index in [1.807, 2.05) is 61.2 Å². The summed E-state index contributed by atoms with van der Waals surface area (Å²) in [5.74, 6) is 1.59. The molecule has 2 aliphatic rings. The zero-order chi connectivity index (χ0) is 23.4. The molecule has 172 valence electrons. The Hall–Kier alpha value is -3.65. The number of urea groups is 1. The van der Waals surface area contributed by atoms with Crippen molar-refractivity contribution in [2.24, 2.45) is 0 Å². The molecule has 4 aromatic rings. The molecule has 8 nitrogen and oxygen atoms in total. The van der Waals surface area contributed by atoms with Crippen molar-refractivity contribution in [3.8, 4) is 0 Å². The van der Waals surface area contributed by atoms with Crippen LogP contribution >= 0.6 is 11.6 Å².